The third-order valence-corrected chi connectivity index (χ3v) is 16.9. The molecular formula is C43H62O15. The van der Waals surface area contributed by atoms with Gasteiger partial charge < -0.3 is 65.3 Å². The second-order valence-corrected chi connectivity index (χ2v) is 20.1. The number of ether oxygens (including phenoxy) is 3. The number of aromatic hydroxyl groups is 3. The second-order valence-electron chi connectivity index (χ2n) is 20.1. The molecule has 1 aliphatic heterocycles. The summed E-state index contributed by atoms with van der Waals surface area (Å²) in [6.45, 7) is 11.4. The zero-order valence-electron chi connectivity index (χ0n) is 34.2. The van der Waals surface area contributed by atoms with Crippen molar-refractivity contribution in [3.63, 3.8) is 0 Å². The van der Waals surface area contributed by atoms with Crippen LogP contribution >= 0.6 is 0 Å². The molecule has 1 saturated heterocycles. The van der Waals surface area contributed by atoms with Crippen LogP contribution in [-0.2, 0) is 19.0 Å². The maximum Gasteiger partial charge on any atom is 0.338 e. The fourth-order valence-corrected chi connectivity index (χ4v) is 13.1. The summed E-state index contributed by atoms with van der Waals surface area (Å²) in [5.41, 5.74) is -3.65. The maximum atomic E-state index is 14.6. The Morgan fingerprint density at radius 1 is 0.810 bits per heavy atom. The van der Waals surface area contributed by atoms with Gasteiger partial charge >= 0.3 is 11.9 Å². The summed E-state index contributed by atoms with van der Waals surface area (Å²) < 4.78 is 17.2. The number of aliphatic hydroxyl groups excluding tert-OH is 7. The molecule has 10 N–H and O–H groups in total. The maximum absolute atomic E-state index is 14.6. The average Bonchev–Trinajstić information content (AvgIpc) is 3.16. The number of phenols is 3. The van der Waals surface area contributed by atoms with Crippen LogP contribution in [0.15, 0.2) is 23.8 Å². The number of hydrogen-bond acceptors (Lipinski definition) is 15. The molecule has 0 radical (unpaired) electrons. The van der Waals surface area contributed by atoms with Crippen molar-refractivity contribution in [3.05, 3.63) is 29.3 Å². The van der Waals surface area contributed by atoms with Crippen LogP contribution in [0, 0.1) is 50.2 Å². The van der Waals surface area contributed by atoms with E-state index in [9.17, 15) is 60.7 Å². The molecule has 0 aromatic heterocycles. The first kappa shape index (κ1) is 43.1. The normalized spacial score (nSPS) is 47.0. The van der Waals surface area contributed by atoms with Crippen molar-refractivity contribution in [1.29, 1.82) is 0 Å². The van der Waals surface area contributed by atoms with Gasteiger partial charge in [0.2, 0.25) is 6.29 Å². The van der Waals surface area contributed by atoms with Gasteiger partial charge in [-0.2, -0.15) is 0 Å². The third kappa shape index (κ3) is 6.04. The van der Waals surface area contributed by atoms with Crippen LogP contribution in [0.2, 0.25) is 0 Å². The molecule has 7 rings (SSSR count). The molecule has 5 fully saturated rings. The van der Waals surface area contributed by atoms with E-state index in [1.165, 1.54) is 0 Å². The minimum Gasteiger partial charge on any atom is -0.504 e. The summed E-state index contributed by atoms with van der Waals surface area (Å²) in [5, 5.41) is 107. The van der Waals surface area contributed by atoms with Gasteiger partial charge in [0.05, 0.1) is 42.5 Å². The van der Waals surface area contributed by atoms with Crippen LogP contribution in [0.25, 0.3) is 0 Å². The fraction of sp³-hybridized carbons (Fsp3) is 0.767. The van der Waals surface area contributed by atoms with Crippen molar-refractivity contribution in [1.82, 2.24) is 0 Å². The lowest BCUT2D eigenvalue weighted by molar-refractivity contribution is -0.298. The molecule has 1 aromatic carbocycles. The van der Waals surface area contributed by atoms with Gasteiger partial charge in [-0.15, -0.1) is 0 Å². The van der Waals surface area contributed by atoms with E-state index in [1.807, 2.05) is 20.8 Å². The molecule has 4 saturated carbocycles. The summed E-state index contributed by atoms with van der Waals surface area (Å²) in [4.78, 5) is 27.8. The standard InChI is InChI=1S/C43H62O15/c1-38(2)11-13-43(37(55)58-36-32(51)31(50)30(49)25(18-44)57-36)14-12-41(5)21(28(43)34(38)53)7-8-27-39(3)17-24(47)33(52)40(4,26(39)9-10-42(27,41)6)19-56-35(54)20-15-22(45)29(48)23(46)16-20/h7,15-16,24-28,30-34,36,44-53H,8-14,17-19H2,1-6H3/t24-,25?,26?,27?,28-,30-,31?,32+,33-,34+,36+,39+,40+,41-,42-,43+/m1/s1. The Kier molecular flexibility index (Phi) is 10.6. The third-order valence-electron chi connectivity index (χ3n) is 16.9. The van der Waals surface area contributed by atoms with Gasteiger partial charge in [0.25, 0.3) is 0 Å². The molecule has 15 nitrogen and oxygen atoms in total. The molecule has 16 atom stereocenters. The highest BCUT2D eigenvalue weighted by Crippen LogP contribution is 2.76. The van der Waals surface area contributed by atoms with E-state index >= 15 is 0 Å². The van der Waals surface area contributed by atoms with Crippen LogP contribution in [-0.4, -0.2) is 125 Å². The number of fused-ring (bicyclic) bond motifs is 7. The van der Waals surface area contributed by atoms with E-state index in [-0.39, 0.29) is 30.4 Å². The van der Waals surface area contributed by atoms with Crippen LogP contribution in [0.4, 0.5) is 0 Å². The monoisotopic (exact) mass is 818 g/mol. The molecule has 15 heteroatoms. The molecule has 58 heavy (non-hydrogen) atoms. The number of phenolic OH excluding ortho intramolecular Hbond substituents is 3. The Bertz CT molecular complexity index is 1810. The van der Waals surface area contributed by atoms with Crippen molar-refractivity contribution < 1.29 is 74.9 Å². The summed E-state index contributed by atoms with van der Waals surface area (Å²) in [6.07, 6.45) is -5.31. The molecule has 0 bridgehead atoms. The molecule has 6 aliphatic rings. The number of aliphatic hydroxyl groups is 7. The fourth-order valence-electron chi connectivity index (χ4n) is 13.1. The average molecular weight is 819 g/mol. The van der Waals surface area contributed by atoms with Crippen molar-refractivity contribution in [2.75, 3.05) is 13.2 Å². The molecular weight excluding hydrogens is 756 g/mol. The van der Waals surface area contributed by atoms with E-state index in [2.05, 4.69) is 26.8 Å². The van der Waals surface area contributed by atoms with Crippen molar-refractivity contribution in [2.45, 2.75) is 142 Å². The Morgan fingerprint density at radius 3 is 2.09 bits per heavy atom. The number of hydrogen-bond donors (Lipinski definition) is 10. The Balaban J connectivity index is 1.21. The highest BCUT2D eigenvalue weighted by atomic mass is 16.7. The zero-order valence-corrected chi connectivity index (χ0v) is 34.2. The first-order valence-electron chi connectivity index (χ1n) is 20.6. The van der Waals surface area contributed by atoms with Gasteiger partial charge in [-0.3, -0.25) is 4.79 Å². The minimum atomic E-state index is -1.77. The molecule has 5 aliphatic carbocycles. The number of carbonyl (C=O) groups excluding carboxylic acids is 2. The number of rotatable bonds is 6. The summed E-state index contributed by atoms with van der Waals surface area (Å²) in [7, 11) is 0. The highest BCUT2D eigenvalue weighted by Gasteiger charge is 2.72. The zero-order chi connectivity index (χ0) is 42.7. The van der Waals surface area contributed by atoms with Crippen molar-refractivity contribution in [2.24, 2.45) is 50.2 Å². The molecule has 0 spiro atoms. The Morgan fingerprint density at radius 2 is 1.45 bits per heavy atom. The van der Waals surface area contributed by atoms with Gasteiger partial charge in [-0.25, -0.2) is 4.79 Å². The number of allylic oxidation sites excluding steroid dienone is 1. The van der Waals surface area contributed by atoms with Crippen molar-refractivity contribution in [3.8, 4) is 17.2 Å². The number of benzene rings is 1. The number of esters is 2. The summed E-state index contributed by atoms with van der Waals surface area (Å²) >= 11 is 0. The van der Waals surface area contributed by atoms with Crippen LogP contribution in [0.1, 0.15) is 103 Å². The Hall–Kier alpha value is -3.02. The quantitative estimate of drug-likeness (QED) is 0.112. The molecule has 0 amide bonds. The predicted molar refractivity (Wildman–Crippen MR) is 204 cm³/mol. The van der Waals surface area contributed by atoms with Crippen molar-refractivity contribution >= 4 is 11.9 Å². The van der Waals surface area contributed by atoms with Gasteiger partial charge in [0.15, 0.2) is 17.2 Å². The topological polar surface area (TPSA) is 264 Å². The minimum absolute atomic E-state index is 0.0435. The van der Waals surface area contributed by atoms with E-state index in [1.54, 1.807) is 0 Å². The van der Waals surface area contributed by atoms with Gasteiger partial charge in [0, 0.05) is 11.3 Å². The van der Waals surface area contributed by atoms with E-state index in [0.29, 0.717) is 44.9 Å². The molecule has 4 unspecified atom stereocenters. The second kappa shape index (κ2) is 14.3. The number of carbonyl (C=O) groups is 2. The first-order chi connectivity index (χ1) is 26.9. The van der Waals surface area contributed by atoms with Gasteiger partial charge in [-0.05, 0) is 97.0 Å². The van der Waals surface area contributed by atoms with Gasteiger partial charge in [-0.1, -0.05) is 53.2 Å². The van der Waals surface area contributed by atoms with Crippen LogP contribution in [0.3, 0.4) is 0 Å². The lowest BCUT2D eigenvalue weighted by Crippen LogP contribution is -2.69. The van der Waals surface area contributed by atoms with E-state index < -0.39 is 123 Å². The van der Waals surface area contributed by atoms with Crippen LogP contribution in [0.5, 0.6) is 17.2 Å². The predicted octanol–water partition coefficient (Wildman–Crippen LogP) is 2.39. The van der Waals surface area contributed by atoms with E-state index in [0.717, 1.165) is 17.7 Å². The molecule has 324 valence electrons. The SMILES string of the molecule is CC1(C)CC[C@]2(C(=O)O[C@@H]3OC(CO)[C@@H](O)C(O)[C@@H]3O)CC[C@]3(C)C(=CCC4[C@@]5(C)C[C@@H](O)[C@@H](O)[C@@](C)(COC(=O)c6cc(O)c(O)c(O)c6)C5CC[C@]43C)[C@@H]2[C@@H]1O. The molecule has 1 aromatic rings. The highest BCUT2D eigenvalue weighted by molar-refractivity contribution is 5.91. The summed E-state index contributed by atoms with van der Waals surface area (Å²) in [6, 6.07) is 1.96. The summed E-state index contributed by atoms with van der Waals surface area (Å²) in [5.74, 6) is -4.67. The lowest BCUT2D eigenvalue weighted by Gasteiger charge is -2.71. The van der Waals surface area contributed by atoms with Crippen LogP contribution < -0.4 is 0 Å². The smallest absolute Gasteiger partial charge is 0.338 e. The molecule has 1 heterocycles. The Labute approximate surface area is 338 Å². The van der Waals surface area contributed by atoms with Gasteiger partial charge in [0.1, 0.15) is 24.4 Å². The van der Waals surface area contributed by atoms with E-state index in [4.69, 9.17) is 14.2 Å². The largest absolute Gasteiger partial charge is 0.504 e. The first-order valence-corrected chi connectivity index (χ1v) is 20.6. The lowest BCUT2D eigenvalue weighted by atomic mass is 9.33.